The van der Waals surface area contributed by atoms with Gasteiger partial charge in [-0.3, -0.25) is 4.79 Å². The molecule has 6 nitrogen and oxygen atoms in total. The van der Waals surface area contributed by atoms with Crippen LogP contribution in [0.1, 0.15) is 38.2 Å². The third-order valence-corrected chi connectivity index (χ3v) is 3.27. The molecule has 0 aliphatic rings. The fraction of sp³-hybridized carbons (Fsp3) is 0.400. The van der Waals surface area contributed by atoms with Crippen LogP contribution in [0.2, 0.25) is 0 Å². The van der Waals surface area contributed by atoms with Crippen LogP contribution >= 0.6 is 0 Å². The van der Waals surface area contributed by atoms with Crippen LogP contribution in [0.5, 0.6) is 0 Å². The Labute approximate surface area is 124 Å². The first-order valence-electron chi connectivity index (χ1n) is 7.07. The van der Waals surface area contributed by atoms with E-state index in [-0.39, 0.29) is 11.9 Å². The molecule has 112 valence electrons. The van der Waals surface area contributed by atoms with Crippen LogP contribution < -0.4 is 10.6 Å². The molecule has 0 radical (unpaired) electrons. The van der Waals surface area contributed by atoms with Gasteiger partial charge in [-0.1, -0.05) is 12.1 Å². The number of nitrogens with zero attached hydrogens (tertiary/aromatic N) is 3. The van der Waals surface area contributed by atoms with E-state index < -0.39 is 0 Å². The van der Waals surface area contributed by atoms with Gasteiger partial charge in [0.05, 0.1) is 6.54 Å². The lowest BCUT2D eigenvalue weighted by molar-refractivity contribution is -0.114. The normalized spacial score (nSPS) is 12.1. The van der Waals surface area contributed by atoms with Gasteiger partial charge in [-0.25, -0.2) is 9.67 Å². The molecule has 21 heavy (non-hydrogen) atoms. The number of carbonyl (C=O) groups excluding carboxylic acids is 1. The summed E-state index contributed by atoms with van der Waals surface area (Å²) >= 11 is 0. The zero-order valence-corrected chi connectivity index (χ0v) is 12.6. The van der Waals surface area contributed by atoms with Crippen LogP contribution in [0.15, 0.2) is 30.6 Å². The standard InChI is InChI=1S/C15H21N5O/c1-4-20-15(17-10-18-20)9-16-11(2)13-6-5-7-14(8-13)19-12(3)21/h5-8,10-11,16H,4,9H2,1-3H3,(H,19,21). The highest BCUT2D eigenvalue weighted by atomic mass is 16.1. The summed E-state index contributed by atoms with van der Waals surface area (Å²) in [5.74, 6) is 0.853. The average molecular weight is 287 g/mol. The monoisotopic (exact) mass is 287 g/mol. The summed E-state index contributed by atoms with van der Waals surface area (Å²) in [5, 5.41) is 10.4. The molecule has 0 aliphatic carbocycles. The Morgan fingerprint density at radius 3 is 2.95 bits per heavy atom. The summed E-state index contributed by atoms with van der Waals surface area (Å²) in [5.41, 5.74) is 1.93. The number of rotatable bonds is 6. The number of amides is 1. The zero-order valence-electron chi connectivity index (χ0n) is 12.6. The molecule has 1 aromatic carbocycles. The van der Waals surface area contributed by atoms with E-state index in [4.69, 9.17) is 0 Å². The van der Waals surface area contributed by atoms with E-state index in [0.717, 1.165) is 23.6 Å². The fourth-order valence-corrected chi connectivity index (χ4v) is 2.14. The number of benzene rings is 1. The molecule has 0 fully saturated rings. The molecule has 0 saturated carbocycles. The molecule has 2 rings (SSSR count). The molecule has 0 spiro atoms. The van der Waals surface area contributed by atoms with Gasteiger partial charge in [0.2, 0.25) is 5.91 Å². The molecule has 1 amide bonds. The summed E-state index contributed by atoms with van der Waals surface area (Å²) in [6.07, 6.45) is 1.57. The maximum atomic E-state index is 11.1. The van der Waals surface area contributed by atoms with Crippen molar-refractivity contribution in [2.24, 2.45) is 0 Å². The van der Waals surface area contributed by atoms with Crippen molar-refractivity contribution in [1.29, 1.82) is 0 Å². The highest BCUT2D eigenvalue weighted by Gasteiger charge is 2.08. The quantitative estimate of drug-likeness (QED) is 0.853. The van der Waals surface area contributed by atoms with Gasteiger partial charge in [0.15, 0.2) is 0 Å². The van der Waals surface area contributed by atoms with Crippen LogP contribution in [0, 0.1) is 0 Å². The summed E-state index contributed by atoms with van der Waals surface area (Å²) in [6.45, 7) is 7.09. The van der Waals surface area contributed by atoms with E-state index in [9.17, 15) is 4.79 Å². The lowest BCUT2D eigenvalue weighted by Gasteiger charge is -2.15. The number of aryl methyl sites for hydroxylation is 1. The lowest BCUT2D eigenvalue weighted by atomic mass is 10.1. The lowest BCUT2D eigenvalue weighted by Crippen LogP contribution is -2.21. The minimum absolute atomic E-state index is 0.0659. The average Bonchev–Trinajstić information content (AvgIpc) is 2.91. The van der Waals surface area contributed by atoms with Gasteiger partial charge in [0.25, 0.3) is 0 Å². The molecule has 1 heterocycles. The van der Waals surface area contributed by atoms with Crippen LogP contribution in [-0.2, 0) is 17.9 Å². The van der Waals surface area contributed by atoms with Gasteiger partial charge in [-0.15, -0.1) is 0 Å². The van der Waals surface area contributed by atoms with E-state index >= 15 is 0 Å². The predicted octanol–water partition coefficient (Wildman–Crippen LogP) is 2.11. The van der Waals surface area contributed by atoms with Gasteiger partial charge in [-0.05, 0) is 31.5 Å². The van der Waals surface area contributed by atoms with Gasteiger partial charge in [0, 0.05) is 25.2 Å². The fourth-order valence-electron chi connectivity index (χ4n) is 2.14. The Balaban J connectivity index is 2.00. The van der Waals surface area contributed by atoms with Crippen molar-refractivity contribution in [3.63, 3.8) is 0 Å². The predicted molar refractivity (Wildman–Crippen MR) is 81.7 cm³/mol. The van der Waals surface area contributed by atoms with Crippen molar-refractivity contribution in [2.45, 2.75) is 39.9 Å². The van der Waals surface area contributed by atoms with Gasteiger partial charge < -0.3 is 10.6 Å². The van der Waals surface area contributed by atoms with Crippen molar-refractivity contribution in [1.82, 2.24) is 20.1 Å². The minimum atomic E-state index is -0.0659. The first-order valence-corrected chi connectivity index (χ1v) is 7.07. The molecule has 2 N–H and O–H groups in total. The maximum absolute atomic E-state index is 11.1. The molecule has 1 aromatic heterocycles. The number of hydrogen-bond acceptors (Lipinski definition) is 4. The summed E-state index contributed by atoms with van der Waals surface area (Å²) in [7, 11) is 0. The second kappa shape index (κ2) is 6.99. The van der Waals surface area contributed by atoms with Crippen molar-refractivity contribution in [3.05, 3.63) is 42.0 Å². The van der Waals surface area contributed by atoms with E-state index in [0.29, 0.717) is 6.54 Å². The summed E-state index contributed by atoms with van der Waals surface area (Å²) in [4.78, 5) is 15.3. The molecule has 6 heteroatoms. The smallest absolute Gasteiger partial charge is 0.221 e. The highest BCUT2D eigenvalue weighted by Crippen LogP contribution is 2.17. The Hall–Kier alpha value is -2.21. The molecule has 0 bridgehead atoms. The number of hydrogen-bond donors (Lipinski definition) is 2. The molecular formula is C15H21N5O. The second-order valence-corrected chi connectivity index (χ2v) is 4.90. The maximum Gasteiger partial charge on any atom is 0.221 e. The Bertz CT molecular complexity index is 608. The summed E-state index contributed by atoms with van der Waals surface area (Å²) in [6, 6.07) is 7.98. The van der Waals surface area contributed by atoms with Crippen LogP contribution in [0.3, 0.4) is 0 Å². The molecule has 0 aliphatic heterocycles. The molecule has 2 aromatic rings. The van der Waals surface area contributed by atoms with Crippen molar-refractivity contribution in [3.8, 4) is 0 Å². The molecule has 1 atom stereocenters. The van der Waals surface area contributed by atoms with Crippen LogP contribution in [0.25, 0.3) is 0 Å². The number of aromatic nitrogens is 3. The number of carbonyl (C=O) groups is 1. The summed E-state index contributed by atoms with van der Waals surface area (Å²) < 4.78 is 1.87. The van der Waals surface area contributed by atoms with E-state index in [1.54, 1.807) is 6.33 Å². The Kier molecular flexibility index (Phi) is 5.05. The minimum Gasteiger partial charge on any atom is -0.326 e. The van der Waals surface area contributed by atoms with Crippen molar-refractivity contribution < 1.29 is 4.79 Å². The molecule has 0 saturated heterocycles. The number of anilines is 1. The van der Waals surface area contributed by atoms with Crippen LogP contribution in [-0.4, -0.2) is 20.7 Å². The van der Waals surface area contributed by atoms with E-state index in [1.165, 1.54) is 6.92 Å². The first-order chi connectivity index (χ1) is 10.1. The SMILES string of the molecule is CCn1ncnc1CNC(C)c1cccc(NC(C)=O)c1. The highest BCUT2D eigenvalue weighted by molar-refractivity contribution is 5.88. The topological polar surface area (TPSA) is 71.8 Å². The third-order valence-electron chi connectivity index (χ3n) is 3.27. The Morgan fingerprint density at radius 1 is 1.43 bits per heavy atom. The molecular weight excluding hydrogens is 266 g/mol. The van der Waals surface area contributed by atoms with E-state index in [2.05, 4.69) is 27.6 Å². The van der Waals surface area contributed by atoms with Crippen LogP contribution in [0.4, 0.5) is 5.69 Å². The van der Waals surface area contributed by atoms with E-state index in [1.807, 2.05) is 35.9 Å². The number of nitrogens with one attached hydrogen (secondary N) is 2. The van der Waals surface area contributed by atoms with Crippen molar-refractivity contribution >= 4 is 11.6 Å². The largest absolute Gasteiger partial charge is 0.326 e. The van der Waals surface area contributed by atoms with Crippen molar-refractivity contribution in [2.75, 3.05) is 5.32 Å². The van der Waals surface area contributed by atoms with Gasteiger partial charge in [0.1, 0.15) is 12.2 Å². The zero-order chi connectivity index (χ0) is 15.2. The van der Waals surface area contributed by atoms with Gasteiger partial charge >= 0.3 is 0 Å². The molecule has 1 unspecified atom stereocenters. The third kappa shape index (κ3) is 4.13. The first kappa shape index (κ1) is 15.2. The van der Waals surface area contributed by atoms with Gasteiger partial charge in [-0.2, -0.15) is 5.10 Å². The second-order valence-electron chi connectivity index (χ2n) is 4.90. The Morgan fingerprint density at radius 2 is 2.24 bits per heavy atom.